The fraction of sp³-hybridized carbons (Fsp3) is 0.364. The Morgan fingerprint density at radius 3 is 2.39 bits per heavy atom. The number of sulfonamides is 1. The molecule has 1 N–H and O–H groups in total. The second-order valence-electron chi connectivity index (χ2n) is 15.1. The van der Waals surface area contributed by atoms with Gasteiger partial charge in [0.1, 0.15) is 17.6 Å². The van der Waals surface area contributed by atoms with Gasteiger partial charge >= 0.3 is 0 Å². The number of aromatic nitrogens is 1. The molecule has 0 bridgehead atoms. The average molecular weight is 777 g/mol. The number of fused-ring (bicyclic) bond motifs is 1. The van der Waals surface area contributed by atoms with Crippen LogP contribution in [0.4, 0.5) is 0 Å². The molecule has 3 aromatic carbocycles. The van der Waals surface area contributed by atoms with E-state index in [0.29, 0.717) is 55.0 Å². The molecular weight excluding hydrogens is 729 g/mol. The lowest BCUT2D eigenvalue weighted by molar-refractivity contribution is -0.140. The Labute approximate surface area is 328 Å². The van der Waals surface area contributed by atoms with E-state index in [1.807, 2.05) is 111 Å². The van der Waals surface area contributed by atoms with Crippen molar-refractivity contribution >= 4 is 38.5 Å². The quantitative estimate of drug-likeness (QED) is 0.112. The van der Waals surface area contributed by atoms with Gasteiger partial charge in [0.15, 0.2) is 5.78 Å². The molecule has 2 saturated carbocycles. The third-order valence-corrected chi connectivity index (χ3v) is 12.8. The minimum atomic E-state index is -3.80. The van der Waals surface area contributed by atoms with Crippen LogP contribution in [0.3, 0.4) is 0 Å². The van der Waals surface area contributed by atoms with E-state index in [-0.39, 0.29) is 30.6 Å². The van der Waals surface area contributed by atoms with Crippen molar-refractivity contribution in [2.75, 3.05) is 27.2 Å². The molecule has 1 aliphatic heterocycles. The molecule has 3 fully saturated rings. The third-order valence-electron chi connectivity index (χ3n) is 11.0. The number of ketones is 1. The summed E-state index contributed by atoms with van der Waals surface area (Å²) >= 11 is 0. The first-order chi connectivity index (χ1) is 26.9. The zero-order chi connectivity index (χ0) is 39.6. The molecule has 2 aliphatic carbocycles. The molecule has 292 valence electrons. The van der Waals surface area contributed by atoms with Gasteiger partial charge in [-0.15, -0.1) is 6.58 Å². The summed E-state index contributed by atoms with van der Waals surface area (Å²) in [6.07, 6.45) is 5.87. The number of nitrogens with one attached hydrogen (secondary N) is 1. The molecule has 4 aromatic rings. The second-order valence-corrected chi connectivity index (χ2v) is 17.1. The number of amides is 2. The van der Waals surface area contributed by atoms with Crippen molar-refractivity contribution in [3.63, 3.8) is 0 Å². The highest BCUT2D eigenvalue weighted by molar-refractivity contribution is 7.90. The van der Waals surface area contributed by atoms with Crippen LogP contribution in [0, 0.1) is 11.3 Å². The zero-order valence-electron chi connectivity index (χ0n) is 32.0. The summed E-state index contributed by atoms with van der Waals surface area (Å²) < 4.78 is 40.2. The van der Waals surface area contributed by atoms with Crippen molar-refractivity contribution in [2.45, 2.75) is 62.5 Å². The summed E-state index contributed by atoms with van der Waals surface area (Å²) in [5.74, 6) is -0.353. The molecule has 2 amide bonds. The summed E-state index contributed by atoms with van der Waals surface area (Å²) in [5, 5.41) is 0.188. The molecule has 0 spiro atoms. The largest absolute Gasteiger partial charge is 0.494 e. The Balaban J connectivity index is 1.21. The number of pyridine rings is 1. The van der Waals surface area contributed by atoms with Crippen molar-refractivity contribution < 1.29 is 32.3 Å². The standard InChI is InChI=1S/C44H48N4O7S/c1-5-31-27-44(31,43(51)46-56(52,53)34-18-19-34)22-21-40(49)38-25-33(28-48(38)42(50)39(47(3)4)23-29-13-9-7-10-14-29)55-41-26-36(30-15-11-8-12-16-30)45-37-24-32(54-6-2)17-20-35(37)41/h5,7-17,20-22,24,26,31,33-34,38-39H,1,6,18-19,23,25,27-28H2,2-4H3,(H,46,51)/b22-21+/t31-,33+,38+,39+,44?/m0/s1. The molecule has 1 unspecified atom stereocenters. The van der Waals surface area contributed by atoms with E-state index < -0.39 is 44.8 Å². The number of hydrogen-bond acceptors (Lipinski definition) is 9. The van der Waals surface area contributed by atoms with Gasteiger partial charge < -0.3 is 14.4 Å². The minimum absolute atomic E-state index is 0.143. The van der Waals surface area contributed by atoms with Crippen molar-refractivity contribution in [3.8, 4) is 22.8 Å². The topological polar surface area (TPSA) is 135 Å². The van der Waals surface area contributed by atoms with Gasteiger partial charge in [0.05, 0.1) is 47.1 Å². The molecule has 3 aliphatic rings. The van der Waals surface area contributed by atoms with E-state index in [1.54, 1.807) is 11.0 Å². The molecule has 0 radical (unpaired) electrons. The van der Waals surface area contributed by atoms with Crippen molar-refractivity contribution in [1.29, 1.82) is 0 Å². The first-order valence-electron chi connectivity index (χ1n) is 19.1. The van der Waals surface area contributed by atoms with Gasteiger partial charge in [0.2, 0.25) is 21.8 Å². The molecule has 56 heavy (non-hydrogen) atoms. The summed E-state index contributed by atoms with van der Waals surface area (Å²) in [5.41, 5.74) is 2.05. The number of likely N-dealkylation sites (N-methyl/N-ethyl adjacent to an activating group) is 1. The molecule has 1 saturated heterocycles. The smallest absolute Gasteiger partial charge is 0.244 e. The molecule has 2 heterocycles. The molecular formula is C44H48N4O7S. The normalized spacial score (nSPS) is 22.6. The number of allylic oxidation sites excluding steroid dienone is 1. The van der Waals surface area contributed by atoms with Crippen molar-refractivity contribution in [2.24, 2.45) is 11.3 Å². The molecule has 7 rings (SSSR count). The van der Waals surface area contributed by atoms with Crippen LogP contribution in [0.2, 0.25) is 0 Å². The van der Waals surface area contributed by atoms with E-state index >= 15 is 0 Å². The SMILES string of the molecule is C=C[C@H]1CC1(/C=C/C(=O)[C@H]1C[C@@H](Oc2cc(-c3ccccc3)nc3cc(OCC)ccc23)CN1C(=O)[C@@H](Cc1ccccc1)N(C)C)C(=O)NS(=O)(=O)C1CC1. The van der Waals surface area contributed by atoms with Crippen LogP contribution in [0.25, 0.3) is 22.2 Å². The number of benzene rings is 3. The van der Waals surface area contributed by atoms with Crippen LogP contribution in [0.15, 0.2) is 110 Å². The van der Waals surface area contributed by atoms with Gasteiger partial charge in [-0.25, -0.2) is 13.4 Å². The fourth-order valence-electron chi connectivity index (χ4n) is 7.54. The summed E-state index contributed by atoms with van der Waals surface area (Å²) in [6.45, 7) is 6.40. The number of carbonyl (C=O) groups is 3. The van der Waals surface area contributed by atoms with Crippen molar-refractivity contribution in [3.05, 3.63) is 115 Å². The summed E-state index contributed by atoms with van der Waals surface area (Å²) in [4.78, 5) is 50.7. The lowest BCUT2D eigenvalue weighted by Crippen LogP contribution is -2.50. The highest BCUT2D eigenvalue weighted by Gasteiger charge is 2.58. The van der Waals surface area contributed by atoms with Crippen LogP contribution in [0.1, 0.15) is 38.2 Å². The Hall–Kier alpha value is -5.33. The van der Waals surface area contributed by atoms with Gasteiger partial charge in [0.25, 0.3) is 0 Å². The number of hydrogen-bond donors (Lipinski definition) is 1. The second kappa shape index (κ2) is 16.0. The molecule has 1 aromatic heterocycles. The fourth-order valence-corrected chi connectivity index (χ4v) is 8.91. The Bertz CT molecular complexity index is 2260. The number of carbonyl (C=O) groups excluding carboxylic acids is 3. The number of nitrogens with zero attached hydrogens (tertiary/aromatic N) is 3. The van der Waals surface area contributed by atoms with E-state index in [9.17, 15) is 22.8 Å². The average Bonchev–Trinajstić information content (AvgIpc) is 4.13. The predicted octanol–water partition coefficient (Wildman–Crippen LogP) is 5.75. The first-order valence-corrected chi connectivity index (χ1v) is 20.7. The third kappa shape index (κ3) is 8.27. The van der Waals surface area contributed by atoms with Gasteiger partial charge in [-0.2, -0.15) is 0 Å². The first kappa shape index (κ1) is 38.9. The number of rotatable bonds is 16. The van der Waals surface area contributed by atoms with Crippen molar-refractivity contribution in [1.82, 2.24) is 19.5 Å². The van der Waals surface area contributed by atoms with E-state index in [0.717, 1.165) is 16.5 Å². The zero-order valence-corrected chi connectivity index (χ0v) is 32.8. The van der Waals surface area contributed by atoms with Crippen LogP contribution < -0.4 is 14.2 Å². The molecule has 11 nitrogen and oxygen atoms in total. The van der Waals surface area contributed by atoms with Crippen LogP contribution in [0.5, 0.6) is 11.5 Å². The Morgan fingerprint density at radius 2 is 1.75 bits per heavy atom. The van der Waals surface area contributed by atoms with Gasteiger partial charge in [-0.1, -0.05) is 72.8 Å². The maximum absolute atomic E-state index is 14.6. The van der Waals surface area contributed by atoms with Gasteiger partial charge in [0, 0.05) is 29.5 Å². The Morgan fingerprint density at radius 1 is 1.04 bits per heavy atom. The van der Waals surface area contributed by atoms with E-state index in [4.69, 9.17) is 14.5 Å². The van der Waals surface area contributed by atoms with E-state index in [2.05, 4.69) is 11.3 Å². The highest BCUT2D eigenvalue weighted by Crippen LogP contribution is 2.55. The monoisotopic (exact) mass is 776 g/mol. The lowest BCUT2D eigenvalue weighted by atomic mass is 9.99. The van der Waals surface area contributed by atoms with Crippen LogP contribution in [-0.4, -0.2) is 91.5 Å². The lowest BCUT2D eigenvalue weighted by Gasteiger charge is -2.31. The maximum Gasteiger partial charge on any atom is 0.244 e. The van der Waals surface area contributed by atoms with Gasteiger partial charge in [-0.3, -0.25) is 24.0 Å². The van der Waals surface area contributed by atoms with Gasteiger partial charge in [-0.05, 0) is 76.4 Å². The number of ether oxygens (including phenoxy) is 2. The minimum Gasteiger partial charge on any atom is -0.494 e. The summed E-state index contributed by atoms with van der Waals surface area (Å²) in [6, 6.07) is 25.6. The van der Waals surface area contributed by atoms with Crippen LogP contribution in [-0.2, 0) is 30.8 Å². The number of likely N-dealkylation sites (tertiary alicyclic amines) is 1. The van der Waals surface area contributed by atoms with Crippen LogP contribution >= 0.6 is 0 Å². The highest BCUT2D eigenvalue weighted by atomic mass is 32.2. The molecule has 12 heteroatoms. The summed E-state index contributed by atoms with van der Waals surface area (Å²) in [7, 11) is -0.107. The Kier molecular flexibility index (Phi) is 11.1. The predicted molar refractivity (Wildman–Crippen MR) is 215 cm³/mol. The van der Waals surface area contributed by atoms with E-state index in [1.165, 1.54) is 12.2 Å². The maximum atomic E-state index is 14.6. The molecule has 5 atom stereocenters.